The van der Waals surface area contributed by atoms with Crippen molar-refractivity contribution in [3.8, 4) is 0 Å². The van der Waals surface area contributed by atoms with Crippen LogP contribution in [0.2, 0.25) is 0 Å². The molecule has 0 unspecified atom stereocenters. The Kier molecular flexibility index (Phi) is 3.31. The molecule has 1 aliphatic rings. The molecule has 0 aromatic rings. The molecule has 0 radical (unpaired) electrons. The van der Waals surface area contributed by atoms with Crippen molar-refractivity contribution in [3.63, 3.8) is 0 Å². The number of nitrogens with zero attached hydrogens (tertiary/aromatic N) is 1. The van der Waals surface area contributed by atoms with Crippen LogP contribution in [0, 0.1) is 0 Å². The van der Waals surface area contributed by atoms with Gasteiger partial charge in [-0.1, -0.05) is 12.2 Å². The highest BCUT2D eigenvalue weighted by Gasteiger charge is 1.86. The van der Waals surface area contributed by atoms with Gasteiger partial charge in [-0.05, 0) is 6.08 Å². The van der Waals surface area contributed by atoms with Crippen molar-refractivity contribution in [2.75, 3.05) is 6.54 Å². The molecule has 0 aliphatic carbocycles. The van der Waals surface area contributed by atoms with Gasteiger partial charge in [0, 0.05) is 6.20 Å². The molecule has 0 saturated heterocycles. The zero-order chi connectivity index (χ0) is 5.11. The van der Waals surface area contributed by atoms with Crippen molar-refractivity contribution in [1.82, 2.24) is 5.01 Å². The highest BCUT2D eigenvalue weighted by atomic mass is 35.5. The van der Waals surface area contributed by atoms with Crippen molar-refractivity contribution in [2.24, 2.45) is 5.84 Å². The quantitative estimate of drug-likeness (QED) is 0.491. The molecule has 0 amide bonds. The highest BCUT2D eigenvalue weighted by Crippen LogP contribution is 1.88. The average molecular weight is 133 g/mol. The largest absolute Gasteiger partial charge is 0.314 e. The Hall–Kier alpha value is -0.470. The average Bonchev–Trinajstić information content (AvgIpc) is 1.69. The molecule has 0 fully saturated rings. The molecule has 1 heterocycles. The van der Waals surface area contributed by atoms with E-state index >= 15 is 0 Å². The zero-order valence-corrected chi connectivity index (χ0v) is 5.27. The third-order valence-corrected chi connectivity index (χ3v) is 0.841. The van der Waals surface area contributed by atoms with Gasteiger partial charge in [0.25, 0.3) is 0 Å². The van der Waals surface area contributed by atoms with Crippen molar-refractivity contribution in [2.45, 2.75) is 0 Å². The van der Waals surface area contributed by atoms with Gasteiger partial charge < -0.3 is 5.01 Å². The van der Waals surface area contributed by atoms with Crippen LogP contribution in [-0.4, -0.2) is 11.6 Å². The molecule has 0 aromatic carbocycles. The number of hydrazine groups is 1. The lowest BCUT2D eigenvalue weighted by Gasteiger charge is -2.11. The molecule has 1 rings (SSSR count). The molecule has 3 heteroatoms. The molecule has 0 spiro atoms. The van der Waals surface area contributed by atoms with Gasteiger partial charge in [-0.2, -0.15) is 0 Å². The van der Waals surface area contributed by atoms with Gasteiger partial charge in [0.2, 0.25) is 0 Å². The Labute approximate surface area is 55.0 Å². The van der Waals surface area contributed by atoms with Crippen molar-refractivity contribution >= 4 is 12.4 Å². The summed E-state index contributed by atoms with van der Waals surface area (Å²) in [6.45, 7) is 0.830. The summed E-state index contributed by atoms with van der Waals surface area (Å²) in [4.78, 5) is 0. The Bertz CT molecular complexity index is 109. The SMILES string of the molecule is Cl.NN1C=CC=CC1. The van der Waals surface area contributed by atoms with Gasteiger partial charge in [0.15, 0.2) is 0 Å². The van der Waals surface area contributed by atoms with Crippen LogP contribution in [0.4, 0.5) is 0 Å². The van der Waals surface area contributed by atoms with Crippen LogP contribution < -0.4 is 5.84 Å². The van der Waals surface area contributed by atoms with Crippen LogP contribution in [0.3, 0.4) is 0 Å². The third kappa shape index (κ3) is 2.00. The molecule has 0 aromatic heterocycles. The Morgan fingerprint density at radius 3 is 2.38 bits per heavy atom. The van der Waals surface area contributed by atoms with Gasteiger partial charge in [0.05, 0.1) is 6.54 Å². The van der Waals surface area contributed by atoms with Gasteiger partial charge in [-0.3, -0.25) is 0 Å². The second kappa shape index (κ2) is 3.52. The summed E-state index contributed by atoms with van der Waals surface area (Å²) in [6, 6.07) is 0. The lowest BCUT2D eigenvalue weighted by Crippen LogP contribution is -2.25. The van der Waals surface area contributed by atoms with E-state index in [1.54, 1.807) is 5.01 Å². The van der Waals surface area contributed by atoms with Crippen LogP contribution in [0.25, 0.3) is 0 Å². The molecule has 0 saturated carbocycles. The van der Waals surface area contributed by atoms with Gasteiger partial charge in [-0.15, -0.1) is 12.4 Å². The van der Waals surface area contributed by atoms with Crippen molar-refractivity contribution in [1.29, 1.82) is 0 Å². The minimum absolute atomic E-state index is 0. The first-order valence-corrected chi connectivity index (χ1v) is 2.24. The van der Waals surface area contributed by atoms with Crippen LogP contribution in [0.1, 0.15) is 0 Å². The van der Waals surface area contributed by atoms with Crippen molar-refractivity contribution < 1.29 is 0 Å². The van der Waals surface area contributed by atoms with E-state index in [9.17, 15) is 0 Å². The smallest absolute Gasteiger partial charge is 0.0519 e. The summed E-state index contributed by atoms with van der Waals surface area (Å²) in [5.74, 6) is 5.33. The third-order valence-electron chi connectivity index (χ3n) is 0.841. The summed E-state index contributed by atoms with van der Waals surface area (Å²) < 4.78 is 0. The standard InChI is InChI=1S/C5H8N2.ClH/c6-7-4-2-1-3-5-7;/h1-4H,5-6H2;1H. The zero-order valence-electron chi connectivity index (χ0n) is 4.45. The number of hydrogen-bond acceptors (Lipinski definition) is 2. The number of hydrogen-bond donors (Lipinski definition) is 1. The van der Waals surface area contributed by atoms with Crippen molar-refractivity contribution in [3.05, 3.63) is 24.4 Å². The maximum Gasteiger partial charge on any atom is 0.0519 e. The molecular formula is C5H9ClN2. The predicted molar refractivity (Wildman–Crippen MR) is 36.4 cm³/mol. The fourth-order valence-electron chi connectivity index (χ4n) is 0.482. The molecule has 2 nitrogen and oxygen atoms in total. The molecular weight excluding hydrogens is 124 g/mol. The van der Waals surface area contributed by atoms with Gasteiger partial charge in [0.1, 0.15) is 0 Å². The molecule has 46 valence electrons. The van der Waals surface area contributed by atoms with E-state index < -0.39 is 0 Å². The topological polar surface area (TPSA) is 29.3 Å². The van der Waals surface area contributed by atoms with Crippen LogP contribution >= 0.6 is 12.4 Å². The molecule has 2 N–H and O–H groups in total. The number of rotatable bonds is 0. The van der Waals surface area contributed by atoms with Gasteiger partial charge in [-0.25, -0.2) is 5.84 Å². The van der Waals surface area contributed by atoms with E-state index in [1.807, 2.05) is 24.4 Å². The molecule has 0 bridgehead atoms. The van der Waals surface area contributed by atoms with Crippen LogP contribution in [-0.2, 0) is 0 Å². The van der Waals surface area contributed by atoms with E-state index in [0.29, 0.717) is 0 Å². The fraction of sp³-hybridized carbons (Fsp3) is 0.200. The minimum Gasteiger partial charge on any atom is -0.314 e. The Balaban J connectivity index is 0.000000490. The highest BCUT2D eigenvalue weighted by molar-refractivity contribution is 5.85. The second-order valence-electron chi connectivity index (χ2n) is 1.47. The minimum atomic E-state index is 0. The first kappa shape index (κ1) is 7.53. The summed E-state index contributed by atoms with van der Waals surface area (Å²) in [6.07, 6.45) is 7.72. The van der Waals surface area contributed by atoms with Crippen LogP contribution in [0.5, 0.6) is 0 Å². The lowest BCUT2D eigenvalue weighted by molar-refractivity contribution is 0.434. The monoisotopic (exact) mass is 132 g/mol. The number of allylic oxidation sites excluding steroid dienone is 2. The Morgan fingerprint density at radius 2 is 2.12 bits per heavy atom. The van der Waals surface area contributed by atoms with E-state index in [1.165, 1.54) is 0 Å². The van der Waals surface area contributed by atoms with Crippen LogP contribution in [0.15, 0.2) is 24.4 Å². The maximum atomic E-state index is 5.33. The van der Waals surface area contributed by atoms with E-state index in [4.69, 9.17) is 5.84 Å². The molecule has 1 aliphatic heterocycles. The van der Waals surface area contributed by atoms with Gasteiger partial charge >= 0.3 is 0 Å². The summed E-state index contributed by atoms with van der Waals surface area (Å²) >= 11 is 0. The van der Waals surface area contributed by atoms with E-state index in [0.717, 1.165) is 6.54 Å². The van der Waals surface area contributed by atoms with E-state index in [2.05, 4.69) is 0 Å². The normalized spacial score (nSPS) is 15.9. The summed E-state index contributed by atoms with van der Waals surface area (Å²) in [7, 11) is 0. The first-order valence-electron chi connectivity index (χ1n) is 2.24. The summed E-state index contributed by atoms with van der Waals surface area (Å²) in [5, 5.41) is 1.62. The summed E-state index contributed by atoms with van der Waals surface area (Å²) in [5.41, 5.74) is 0. The lowest BCUT2D eigenvalue weighted by atomic mass is 10.4. The fourth-order valence-corrected chi connectivity index (χ4v) is 0.482. The Morgan fingerprint density at radius 1 is 1.38 bits per heavy atom. The first-order chi connectivity index (χ1) is 3.39. The molecule has 0 atom stereocenters. The van der Waals surface area contributed by atoms with E-state index in [-0.39, 0.29) is 12.4 Å². The number of halogens is 1. The molecule has 8 heavy (non-hydrogen) atoms. The maximum absolute atomic E-state index is 5.33. The predicted octanol–water partition coefficient (Wildman–Crippen LogP) is 0.667. The second-order valence-corrected chi connectivity index (χ2v) is 1.47. The number of nitrogens with two attached hydrogens (primary N) is 1.